The maximum absolute atomic E-state index is 12.6. The number of methoxy groups -OCH3 is 1. The van der Waals surface area contributed by atoms with Gasteiger partial charge in [0.2, 0.25) is 5.91 Å². The first-order valence-electron chi connectivity index (χ1n) is 11.3. The summed E-state index contributed by atoms with van der Waals surface area (Å²) in [6.45, 7) is 6.46. The highest BCUT2D eigenvalue weighted by molar-refractivity contribution is 6.01. The third-order valence-corrected chi connectivity index (χ3v) is 6.21. The van der Waals surface area contributed by atoms with Crippen LogP contribution in [0.25, 0.3) is 27.7 Å². The van der Waals surface area contributed by atoms with Crippen LogP contribution in [0.1, 0.15) is 50.7 Å². The van der Waals surface area contributed by atoms with Crippen LogP contribution in [-0.2, 0) is 4.79 Å². The molecule has 32 heavy (non-hydrogen) atoms. The summed E-state index contributed by atoms with van der Waals surface area (Å²) >= 11 is 0. The molecule has 0 unspecified atom stereocenters. The van der Waals surface area contributed by atoms with Crippen LogP contribution in [0, 0.1) is 6.92 Å². The third-order valence-electron chi connectivity index (χ3n) is 6.21. The molecular weight excluding hydrogens is 402 g/mol. The summed E-state index contributed by atoms with van der Waals surface area (Å²) in [5.41, 5.74) is 5.55. The van der Waals surface area contributed by atoms with E-state index in [4.69, 9.17) is 13.9 Å². The Labute approximate surface area is 189 Å². The monoisotopic (exact) mass is 433 g/mol. The summed E-state index contributed by atoms with van der Waals surface area (Å²) < 4.78 is 17.3. The van der Waals surface area contributed by atoms with Gasteiger partial charge in [-0.15, -0.1) is 0 Å². The zero-order valence-electron chi connectivity index (χ0n) is 19.3. The van der Waals surface area contributed by atoms with Gasteiger partial charge in [-0.3, -0.25) is 4.79 Å². The van der Waals surface area contributed by atoms with Gasteiger partial charge < -0.3 is 19.2 Å². The van der Waals surface area contributed by atoms with Crippen molar-refractivity contribution in [2.75, 3.05) is 13.7 Å². The van der Waals surface area contributed by atoms with Gasteiger partial charge in [0.1, 0.15) is 17.1 Å². The number of aryl methyl sites for hydroxylation is 1. The summed E-state index contributed by atoms with van der Waals surface area (Å²) in [6, 6.07) is 10.3. The highest BCUT2D eigenvalue weighted by Crippen LogP contribution is 2.41. The molecule has 0 radical (unpaired) electrons. The average molecular weight is 434 g/mol. The van der Waals surface area contributed by atoms with Gasteiger partial charge >= 0.3 is 0 Å². The summed E-state index contributed by atoms with van der Waals surface area (Å²) in [5, 5.41) is 4.13. The van der Waals surface area contributed by atoms with Gasteiger partial charge in [-0.05, 0) is 62.9 Å². The van der Waals surface area contributed by atoms with E-state index in [1.54, 1.807) is 19.4 Å². The zero-order chi connectivity index (χ0) is 22.7. The molecule has 1 saturated carbocycles. The molecule has 1 fully saturated rings. The quantitative estimate of drug-likeness (QED) is 0.446. The lowest BCUT2D eigenvalue weighted by Crippen LogP contribution is -2.31. The van der Waals surface area contributed by atoms with E-state index in [2.05, 4.69) is 11.4 Å². The highest BCUT2D eigenvalue weighted by atomic mass is 16.5. The minimum absolute atomic E-state index is 0.0443. The Morgan fingerprint density at radius 3 is 2.59 bits per heavy atom. The minimum atomic E-state index is -0.0443. The van der Waals surface area contributed by atoms with E-state index in [0.717, 1.165) is 63.1 Å². The number of ether oxygens (including phenoxy) is 2. The molecule has 0 atom stereocenters. The van der Waals surface area contributed by atoms with Crippen LogP contribution < -0.4 is 14.8 Å². The van der Waals surface area contributed by atoms with Gasteiger partial charge in [0.15, 0.2) is 0 Å². The number of carbonyl (C=O) groups is 1. The number of rotatable bonds is 7. The molecule has 0 bridgehead atoms. The number of hydrogen-bond acceptors (Lipinski definition) is 4. The van der Waals surface area contributed by atoms with Crippen molar-refractivity contribution in [3.8, 4) is 22.6 Å². The molecule has 0 spiro atoms. The predicted octanol–water partition coefficient (Wildman–Crippen LogP) is 6.28. The summed E-state index contributed by atoms with van der Waals surface area (Å²) in [6.07, 6.45) is 7.97. The molecule has 5 heteroatoms. The fourth-order valence-corrected chi connectivity index (χ4v) is 4.52. The van der Waals surface area contributed by atoms with Crippen molar-refractivity contribution in [3.05, 3.63) is 53.8 Å². The van der Waals surface area contributed by atoms with Crippen molar-refractivity contribution in [1.82, 2.24) is 5.32 Å². The molecule has 5 nitrogen and oxygen atoms in total. The van der Waals surface area contributed by atoms with Crippen LogP contribution in [0.4, 0.5) is 0 Å². The first-order chi connectivity index (χ1) is 15.5. The lowest BCUT2D eigenvalue weighted by atomic mass is 9.96. The SMILES string of the molecule is CCOc1c(/C(C)=C/C(=O)NC2CCCC2)cc2c(-c3ccc(OC)cc3)coc2c1C. The second-order valence-corrected chi connectivity index (χ2v) is 8.38. The zero-order valence-corrected chi connectivity index (χ0v) is 19.3. The Morgan fingerprint density at radius 1 is 1.22 bits per heavy atom. The molecule has 1 amide bonds. The van der Waals surface area contributed by atoms with E-state index in [0.29, 0.717) is 6.61 Å². The number of nitrogens with one attached hydrogen (secondary N) is 1. The first-order valence-corrected chi connectivity index (χ1v) is 11.3. The third kappa shape index (κ3) is 4.38. The molecule has 1 heterocycles. The molecule has 3 aromatic rings. The minimum Gasteiger partial charge on any atom is -0.497 e. The van der Waals surface area contributed by atoms with Crippen LogP contribution in [0.2, 0.25) is 0 Å². The maximum atomic E-state index is 12.6. The Hall–Kier alpha value is -3.21. The van der Waals surface area contributed by atoms with Crippen LogP contribution in [0.15, 0.2) is 47.1 Å². The smallest absolute Gasteiger partial charge is 0.244 e. The number of fused-ring (bicyclic) bond motifs is 1. The molecule has 1 aliphatic rings. The Kier molecular flexibility index (Phi) is 6.54. The molecule has 1 aromatic heterocycles. The lowest BCUT2D eigenvalue weighted by molar-refractivity contribution is -0.117. The van der Waals surface area contributed by atoms with Gasteiger partial charge in [-0.1, -0.05) is 25.0 Å². The fourth-order valence-electron chi connectivity index (χ4n) is 4.52. The molecule has 4 rings (SSSR count). The van der Waals surface area contributed by atoms with Crippen molar-refractivity contribution < 1.29 is 18.7 Å². The van der Waals surface area contributed by atoms with E-state index in [1.807, 2.05) is 45.0 Å². The highest BCUT2D eigenvalue weighted by Gasteiger charge is 2.20. The fraction of sp³-hybridized carbons (Fsp3) is 0.370. The number of furan rings is 1. The molecule has 2 aromatic carbocycles. The number of allylic oxidation sites excluding steroid dienone is 1. The number of hydrogen-bond donors (Lipinski definition) is 1. The van der Waals surface area contributed by atoms with Gasteiger partial charge in [0.25, 0.3) is 0 Å². The molecule has 1 aliphatic carbocycles. The first kappa shape index (κ1) is 22.0. The second-order valence-electron chi connectivity index (χ2n) is 8.38. The van der Waals surface area contributed by atoms with Gasteiger partial charge in [0.05, 0.1) is 20.0 Å². The number of amides is 1. The predicted molar refractivity (Wildman–Crippen MR) is 128 cm³/mol. The average Bonchev–Trinajstić information content (AvgIpc) is 3.45. The number of carbonyl (C=O) groups excluding carboxylic acids is 1. The van der Waals surface area contributed by atoms with Crippen LogP contribution >= 0.6 is 0 Å². The number of benzene rings is 2. The van der Waals surface area contributed by atoms with Crippen LogP contribution in [0.3, 0.4) is 0 Å². The second kappa shape index (κ2) is 9.51. The van der Waals surface area contributed by atoms with E-state index in [1.165, 1.54) is 12.8 Å². The standard InChI is InChI=1S/C27H31NO4/c1-5-31-26-18(3)27-23(24(16-32-27)19-10-12-21(30-4)13-11-19)15-22(26)17(2)14-25(29)28-20-8-6-7-9-20/h10-16,20H,5-9H2,1-4H3,(H,28,29)/b17-14+. The lowest BCUT2D eigenvalue weighted by Gasteiger charge is -2.15. The molecular formula is C27H31NO4. The molecule has 168 valence electrons. The Morgan fingerprint density at radius 2 is 1.94 bits per heavy atom. The van der Waals surface area contributed by atoms with Gasteiger partial charge in [0, 0.05) is 34.2 Å². The van der Waals surface area contributed by atoms with E-state index < -0.39 is 0 Å². The van der Waals surface area contributed by atoms with Crippen LogP contribution in [-0.4, -0.2) is 25.7 Å². The largest absolute Gasteiger partial charge is 0.497 e. The molecule has 0 aliphatic heterocycles. The maximum Gasteiger partial charge on any atom is 0.244 e. The van der Waals surface area contributed by atoms with Gasteiger partial charge in [-0.2, -0.15) is 0 Å². The van der Waals surface area contributed by atoms with Crippen LogP contribution in [0.5, 0.6) is 11.5 Å². The van der Waals surface area contributed by atoms with Crippen molar-refractivity contribution >= 4 is 22.4 Å². The Bertz CT molecular complexity index is 1130. The Balaban J connectivity index is 1.76. The summed E-state index contributed by atoms with van der Waals surface area (Å²) in [4.78, 5) is 12.6. The van der Waals surface area contributed by atoms with Crippen molar-refractivity contribution in [2.24, 2.45) is 0 Å². The molecule has 1 N–H and O–H groups in total. The normalized spacial score (nSPS) is 14.7. The van der Waals surface area contributed by atoms with E-state index in [-0.39, 0.29) is 11.9 Å². The van der Waals surface area contributed by atoms with E-state index >= 15 is 0 Å². The van der Waals surface area contributed by atoms with Crippen molar-refractivity contribution in [3.63, 3.8) is 0 Å². The topological polar surface area (TPSA) is 60.7 Å². The summed E-state index contributed by atoms with van der Waals surface area (Å²) in [7, 11) is 1.66. The van der Waals surface area contributed by atoms with Gasteiger partial charge in [-0.25, -0.2) is 0 Å². The molecule has 0 saturated heterocycles. The summed E-state index contributed by atoms with van der Waals surface area (Å²) in [5.74, 6) is 1.53. The van der Waals surface area contributed by atoms with E-state index in [9.17, 15) is 4.79 Å². The van der Waals surface area contributed by atoms with Crippen molar-refractivity contribution in [2.45, 2.75) is 52.5 Å². The van der Waals surface area contributed by atoms with Crippen molar-refractivity contribution in [1.29, 1.82) is 0 Å².